The van der Waals surface area contributed by atoms with Crippen molar-refractivity contribution in [3.8, 4) is 0 Å². The minimum absolute atomic E-state index is 0. The fourth-order valence-corrected chi connectivity index (χ4v) is 2.89. The summed E-state index contributed by atoms with van der Waals surface area (Å²) < 4.78 is 1.83. The molecule has 1 aromatic heterocycles. The normalized spacial score (nSPS) is 14.5. The van der Waals surface area contributed by atoms with E-state index in [0.717, 1.165) is 31.5 Å². The number of aromatic nitrogens is 1. The minimum Gasteiger partial charge on any atom is -0.356 e. The molecule has 2 rings (SSSR count). The number of halogens is 3. The number of nitrogens with zero attached hydrogens (tertiary/aromatic N) is 2. The van der Waals surface area contributed by atoms with Crippen molar-refractivity contribution >= 4 is 59.0 Å². The Morgan fingerprint density at radius 2 is 1.96 bits per heavy atom. The summed E-state index contributed by atoms with van der Waals surface area (Å²) in [6, 6.07) is 1.83. The lowest BCUT2D eigenvalue weighted by Gasteiger charge is -2.24. The van der Waals surface area contributed by atoms with Gasteiger partial charge in [0.05, 0.1) is 11.6 Å². The molecule has 9 heteroatoms. The summed E-state index contributed by atoms with van der Waals surface area (Å²) in [7, 11) is 3.59. The second-order valence-electron chi connectivity index (χ2n) is 5.96. The van der Waals surface area contributed by atoms with Gasteiger partial charge in [-0.15, -0.1) is 24.0 Å². The van der Waals surface area contributed by atoms with E-state index >= 15 is 0 Å². The highest BCUT2D eigenvalue weighted by Gasteiger charge is 2.24. The Bertz CT molecular complexity index is 602. The molecule has 0 bridgehead atoms. The molecule has 1 aromatic rings. The Labute approximate surface area is 176 Å². The molecule has 1 heterocycles. The van der Waals surface area contributed by atoms with Crippen molar-refractivity contribution in [3.63, 3.8) is 0 Å². The van der Waals surface area contributed by atoms with Crippen LogP contribution in [0.25, 0.3) is 0 Å². The highest BCUT2D eigenvalue weighted by molar-refractivity contribution is 14.0. The van der Waals surface area contributed by atoms with E-state index in [-0.39, 0.29) is 35.8 Å². The van der Waals surface area contributed by atoms with Crippen LogP contribution in [0.4, 0.5) is 0 Å². The lowest BCUT2D eigenvalue weighted by Crippen LogP contribution is -2.39. The number of aliphatic imine (C=N–C) groups is 1. The predicted molar refractivity (Wildman–Crippen MR) is 114 cm³/mol. The van der Waals surface area contributed by atoms with Crippen LogP contribution < -0.4 is 16.0 Å². The first kappa shape index (κ1) is 22.4. The van der Waals surface area contributed by atoms with E-state index in [1.54, 1.807) is 7.05 Å². The monoisotopic (exact) mass is 501 g/mol. The van der Waals surface area contributed by atoms with Crippen molar-refractivity contribution < 1.29 is 4.79 Å². The van der Waals surface area contributed by atoms with Crippen molar-refractivity contribution in [1.29, 1.82) is 0 Å². The number of hydrogen-bond acceptors (Lipinski definition) is 2. The zero-order chi connectivity index (χ0) is 17.5. The maximum Gasteiger partial charge on any atom is 0.223 e. The molecular weight excluding hydrogens is 476 g/mol. The van der Waals surface area contributed by atoms with Crippen LogP contribution in [0.15, 0.2) is 11.1 Å². The molecule has 0 spiro atoms. The third-order valence-electron chi connectivity index (χ3n) is 4.30. The van der Waals surface area contributed by atoms with E-state index in [2.05, 4.69) is 20.9 Å². The Hall–Kier alpha value is -0.670. The van der Waals surface area contributed by atoms with Gasteiger partial charge < -0.3 is 20.5 Å². The maximum atomic E-state index is 11.7. The number of nitrogens with one attached hydrogen (secondary N) is 3. The van der Waals surface area contributed by atoms with Gasteiger partial charge in [0.15, 0.2) is 5.96 Å². The minimum atomic E-state index is 0. The second-order valence-corrected chi connectivity index (χ2v) is 6.72. The molecule has 1 aliphatic rings. The van der Waals surface area contributed by atoms with Crippen molar-refractivity contribution in [3.05, 3.63) is 21.9 Å². The SMILES string of the molecule is CN=C(NCCCNC(=O)C1CCC1)NCc1cc(Cl)c(Cl)n1C.I. The van der Waals surface area contributed by atoms with Gasteiger partial charge in [0.2, 0.25) is 5.91 Å². The molecule has 0 unspecified atom stereocenters. The number of guanidine groups is 1. The zero-order valence-corrected chi connectivity index (χ0v) is 18.4. The Morgan fingerprint density at radius 1 is 1.28 bits per heavy atom. The molecule has 1 aliphatic carbocycles. The lowest BCUT2D eigenvalue weighted by molar-refractivity contribution is -0.127. The molecule has 0 atom stereocenters. The number of hydrogen-bond donors (Lipinski definition) is 3. The average Bonchev–Trinajstić information content (AvgIpc) is 2.75. The van der Waals surface area contributed by atoms with Crippen molar-refractivity contribution in [2.75, 3.05) is 20.1 Å². The molecule has 0 aromatic carbocycles. The van der Waals surface area contributed by atoms with Gasteiger partial charge in [-0.05, 0) is 25.3 Å². The number of carbonyl (C=O) groups is 1. The maximum absolute atomic E-state index is 11.7. The van der Waals surface area contributed by atoms with Gasteiger partial charge in [0, 0.05) is 38.8 Å². The first-order chi connectivity index (χ1) is 11.5. The number of rotatable bonds is 7. The summed E-state index contributed by atoms with van der Waals surface area (Å²) in [6.45, 7) is 1.99. The average molecular weight is 502 g/mol. The molecule has 0 radical (unpaired) electrons. The molecule has 1 amide bonds. The Kier molecular flexibility index (Phi) is 9.96. The van der Waals surface area contributed by atoms with Gasteiger partial charge >= 0.3 is 0 Å². The summed E-state index contributed by atoms with van der Waals surface area (Å²) in [5.74, 6) is 1.14. The van der Waals surface area contributed by atoms with Crippen molar-refractivity contribution in [2.24, 2.45) is 18.0 Å². The molecule has 6 nitrogen and oxygen atoms in total. The van der Waals surface area contributed by atoms with Crippen LogP contribution in [0.2, 0.25) is 10.2 Å². The summed E-state index contributed by atoms with van der Waals surface area (Å²) >= 11 is 12.1. The van der Waals surface area contributed by atoms with Crippen LogP contribution >= 0.6 is 47.2 Å². The van der Waals surface area contributed by atoms with Crippen LogP contribution in [0.3, 0.4) is 0 Å². The van der Waals surface area contributed by atoms with Crippen molar-refractivity contribution in [1.82, 2.24) is 20.5 Å². The second kappa shape index (κ2) is 11.1. The van der Waals surface area contributed by atoms with Gasteiger partial charge in [-0.25, -0.2) is 0 Å². The Morgan fingerprint density at radius 3 is 2.48 bits per heavy atom. The molecule has 0 aliphatic heterocycles. The number of amides is 1. The van der Waals surface area contributed by atoms with Crippen molar-refractivity contribution in [2.45, 2.75) is 32.2 Å². The third kappa shape index (κ3) is 6.53. The highest BCUT2D eigenvalue weighted by Crippen LogP contribution is 2.26. The standard InChI is InChI=1S/C16H25Cl2N5O.HI/c1-19-16(22-10-12-9-13(17)14(18)23(12)2)21-8-4-7-20-15(24)11-5-3-6-11;/h9,11H,3-8,10H2,1-2H3,(H,20,24)(H2,19,21,22);1H. The molecule has 0 saturated heterocycles. The summed E-state index contributed by atoms with van der Waals surface area (Å²) in [5, 5.41) is 10.5. The molecule has 1 saturated carbocycles. The van der Waals surface area contributed by atoms with Gasteiger partial charge in [0.25, 0.3) is 0 Å². The Balaban J connectivity index is 0.00000312. The van der Waals surface area contributed by atoms with Gasteiger partial charge in [-0.1, -0.05) is 29.6 Å². The summed E-state index contributed by atoms with van der Waals surface area (Å²) in [4.78, 5) is 15.9. The molecular formula is C16H26Cl2IN5O. The summed E-state index contributed by atoms with van der Waals surface area (Å²) in [6.07, 6.45) is 4.10. The van der Waals surface area contributed by atoms with E-state index in [4.69, 9.17) is 23.2 Å². The first-order valence-corrected chi connectivity index (χ1v) is 9.00. The predicted octanol–water partition coefficient (Wildman–Crippen LogP) is 2.92. The van der Waals surface area contributed by atoms with Gasteiger partial charge in [-0.2, -0.15) is 0 Å². The highest BCUT2D eigenvalue weighted by atomic mass is 127. The van der Waals surface area contributed by atoms with E-state index in [1.165, 1.54) is 6.42 Å². The third-order valence-corrected chi connectivity index (χ3v) is 5.14. The first-order valence-electron chi connectivity index (χ1n) is 8.24. The van der Waals surface area contributed by atoms with E-state index < -0.39 is 0 Å². The van der Waals surface area contributed by atoms with Crippen LogP contribution in [-0.2, 0) is 18.4 Å². The molecule has 142 valence electrons. The van der Waals surface area contributed by atoms with Gasteiger partial charge in [-0.3, -0.25) is 9.79 Å². The van der Waals surface area contributed by atoms with Gasteiger partial charge in [0.1, 0.15) is 5.15 Å². The fourth-order valence-electron chi connectivity index (χ4n) is 2.48. The lowest BCUT2D eigenvalue weighted by atomic mass is 9.85. The quantitative estimate of drug-likeness (QED) is 0.233. The molecule has 25 heavy (non-hydrogen) atoms. The fraction of sp³-hybridized carbons (Fsp3) is 0.625. The van der Waals surface area contributed by atoms with E-state index in [1.807, 2.05) is 17.7 Å². The topological polar surface area (TPSA) is 70.4 Å². The number of carbonyl (C=O) groups excluding carboxylic acids is 1. The van der Waals surface area contributed by atoms with Crippen LogP contribution in [0.1, 0.15) is 31.4 Å². The smallest absolute Gasteiger partial charge is 0.223 e. The van der Waals surface area contributed by atoms with Crippen LogP contribution in [0, 0.1) is 5.92 Å². The molecule has 1 fully saturated rings. The molecule has 3 N–H and O–H groups in total. The summed E-state index contributed by atoms with van der Waals surface area (Å²) in [5.41, 5.74) is 0.973. The van der Waals surface area contributed by atoms with E-state index in [9.17, 15) is 4.79 Å². The van der Waals surface area contributed by atoms with Crippen LogP contribution in [0.5, 0.6) is 0 Å². The van der Waals surface area contributed by atoms with Crippen LogP contribution in [-0.4, -0.2) is 36.6 Å². The zero-order valence-electron chi connectivity index (χ0n) is 14.6. The van der Waals surface area contributed by atoms with E-state index in [0.29, 0.717) is 29.2 Å². The largest absolute Gasteiger partial charge is 0.356 e.